The molecule has 3 rings (SSSR count). The zero-order valence-electron chi connectivity index (χ0n) is 8.96. The van der Waals surface area contributed by atoms with E-state index in [1.54, 1.807) is 6.07 Å². The van der Waals surface area contributed by atoms with Crippen molar-refractivity contribution in [1.82, 2.24) is 0 Å². The maximum absolute atomic E-state index is 10.9. The highest BCUT2D eigenvalue weighted by Crippen LogP contribution is 2.59. The van der Waals surface area contributed by atoms with Gasteiger partial charge in [-0.25, -0.2) is 0 Å². The Balaban J connectivity index is 2.07. The SMILES string of the molecule is O=C(O)CC1c2ccc(Cl)c(Cl)c2NC12CC2. The monoisotopic (exact) mass is 271 g/mol. The summed E-state index contributed by atoms with van der Waals surface area (Å²) in [6.07, 6.45) is 2.12. The van der Waals surface area contributed by atoms with E-state index in [-0.39, 0.29) is 17.9 Å². The van der Waals surface area contributed by atoms with E-state index in [0.717, 1.165) is 24.1 Å². The zero-order chi connectivity index (χ0) is 12.2. The van der Waals surface area contributed by atoms with Gasteiger partial charge in [-0.15, -0.1) is 0 Å². The second kappa shape index (κ2) is 3.53. The van der Waals surface area contributed by atoms with Crippen LogP contribution < -0.4 is 5.32 Å². The molecule has 0 radical (unpaired) electrons. The number of benzene rings is 1. The molecule has 1 aliphatic heterocycles. The van der Waals surface area contributed by atoms with Crippen LogP contribution in [0.25, 0.3) is 0 Å². The molecule has 1 heterocycles. The summed E-state index contributed by atoms with van der Waals surface area (Å²) in [4.78, 5) is 10.9. The lowest BCUT2D eigenvalue weighted by atomic mass is 9.90. The third kappa shape index (κ3) is 1.60. The first-order valence-electron chi connectivity index (χ1n) is 5.51. The number of aliphatic carboxylic acids is 1. The Hall–Kier alpha value is -0.930. The predicted molar refractivity (Wildman–Crippen MR) is 67.0 cm³/mol. The molecule has 0 amide bonds. The van der Waals surface area contributed by atoms with Crippen molar-refractivity contribution in [2.24, 2.45) is 0 Å². The Morgan fingerprint density at radius 2 is 2.18 bits per heavy atom. The maximum atomic E-state index is 10.9. The first kappa shape index (κ1) is 11.2. The van der Waals surface area contributed by atoms with Crippen LogP contribution in [0.1, 0.15) is 30.7 Å². The average molecular weight is 272 g/mol. The quantitative estimate of drug-likeness (QED) is 0.866. The number of carbonyl (C=O) groups is 1. The van der Waals surface area contributed by atoms with Gasteiger partial charge in [-0.05, 0) is 24.5 Å². The van der Waals surface area contributed by atoms with E-state index in [1.165, 1.54) is 0 Å². The lowest BCUT2D eigenvalue weighted by Gasteiger charge is -2.17. The van der Waals surface area contributed by atoms with Crippen molar-refractivity contribution in [3.05, 3.63) is 27.7 Å². The van der Waals surface area contributed by atoms with Crippen LogP contribution in [-0.2, 0) is 4.79 Å². The number of carboxylic acid groups (broad SMARTS) is 1. The van der Waals surface area contributed by atoms with Crippen LogP contribution in [0.15, 0.2) is 12.1 Å². The molecule has 0 bridgehead atoms. The summed E-state index contributed by atoms with van der Waals surface area (Å²) in [6.45, 7) is 0. The van der Waals surface area contributed by atoms with Gasteiger partial charge in [0.1, 0.15) is 0 Å². The summed E-state index contributed by atoms with van der Waals surface area (Å²) in [5, 5.41) is 13.4. The summed E-state index contributed by atoms with van der Waals surface area (Å²) < 4.78 is 0. The fraction of sp³-hybridized carbons (Fsp3) is 0.417. The molecule has 0 aromatic heterocycles. The van der Waals surface area contributed by atoms with Crippen molar-refractivity contribution in [2.45, 2.75) is 30.7 Å². The number of hydrogen-bond acceptors (Lipinski definition) is 2. The van der Waals surface area contributed by atoms with E-state index in [4.69, 9.17) is 28.3 Å². The molecule has 0 saturated heterocycles. The Bertz CT molecular complexity index is 511. The van der Waals surface area contributed by atoms with Crippen LogP contribution in [-0.4, -0.2) is 16.6 Å². The molecule has 1 unspecified atom stereocenters. The summed E-state index contributed by atoms with van der Waals surface area (Å²) in [7, 11) is 0. The van der Waals surface area contributed by atoms with E-state index in [2.05, 4.69) is 5.32 Å². The molecule has 1 fully saturated rings. The van der Waals surface area contributed by atoms with Gasteiger partial charge in [-0.3, -0.25) is 4.79 Å². The topological polar surface area (TPSA) is 49.3 Å². The Kier molecular flexibility index (Phi) is 2.32. The van der Waals surface area contributed by atoms with Crippen LogP contribution in [0, 0.1) is 0 Å². The van der Waals surface area contributed by atoms with E-state index in [1.807, 2.05) is 6.07 Å². The van der Waals surface area contributed by atoms with Gasteiger partial charge in [0.2, 0.25) is 0 Å². The van der Waals surface area contributed by atoms with Crippen LogP contribution in [0.4, 0.5) is 5.69 Å². The lowest BCUT2D eigenvalue weighted by molar-refractivity contribution is -0.137. The summed E-state index contributed by atoms with van der Waals surface area (Å²) >= 11 is 12.1. The largest absolute Gasteiger partial charge is 0.481 e. The molecule has 90 valence electrons. The van der Waals surface area contributed by atoms with Gasteiger partial charge in [-0.2, -0.15) is 0 Å². The molecule has 1 spiro atoms. The van der Waals surface area contributed by atoms with Gasteiger partial charge in [-0.1, -0.05) is 29.3 Å². The maximum Gasteiger partial charge on any atom is 0.304 e. The molecule has 1 aromatic carbocycles. The van der Waals surface area contributed by atoms with Gasteiger partial charge in [0.05, 0.1) is 22.2 Å². The first-order valence-corrected chi connectivity index (χ1v) is 6.27. The van der Waals surface area contributed by atoms with Crippen molar-refractivity contribution < 1.29 is 9.90 Å². The van der Waals surface area contributed by atoms with E-state index < -0.39 is 5.97 Å². The second-order valence-electron chi connectivity index (χ2n) is 4.76. The van der Waals surface area contributed by atoms with E-state index in [9.17, 15) is 4.79 Å². The van der Waals surface area contributed by atoms with Crippen LogP contribution >= 0.6 is 23.2 Å². The number of rotatable bonds is 2. The van der Waals surface area contributed by atoms with Crippen molar-refractivity contribution in [3.63, 3.8) is 0 Å². The van der Waals surface area contributed by atoms with Gasteiger partial charge in [0.25, 0.3) is 0 Å². The van der Waals surface area contributed by atoms with Crippen LogP contribution in [0.3, 0.4) is 0 Å². The van der Waals surface area contributed by atoms with Crippen molar-refractivity contribution >= 4 is 34.9 Å². The summed E-state index contributed by atoms with van der Waals surface area (Å²) in [6, 6.07) is 3.62. The molecule has 1 aliphatic carbocycles. The molecular weight excluding hydrogens is 261 g/mol. The Labute approximate surface area is 109 Å². The van der Waals surface area contributed by atoms with Crippen molar-refractivity contribution in [2.75, 3.05) is 5.32 Å². The number of anilines is 1. The first-order chi connectivity index (χ1) is 8.03. The summed E-state index contributed by atoms with van der Waals surface area (Å²) in [5.74, 6) is -0.772. The minimum Gasteiger partial charge on any atom is -0.481 e. The molecule has 3 nitrogen and oxygen atoms in total. The van der Waals surface area contributed by atoms with Crippen LogP contribution in [0.2, 0.25) is 10.0 Å². The lowest BCUT2D eigenvalue weighted by Crippen LogP contribution is -2.24. The molecule has 17 heavy (non-hydrogen) atoms. The normalized spacial score (nSPS) is 23.3. The number of nitrogens with one attached hydrogen (secondary N) is 1. The number of hydrogen-bond donors (Lipinski definition) is 2. The minimum atomic E-state index is -0.776. The van der Waals surface area contributed by atoms with E-state index in [0.29, 0.717) is 10.0 Å². The van der Waals surface area contributed by atoms with Crippen molar-refractivity contribution in [3.8, 4) is 0 Å². The Morgan fingerprint density at radius 3 is 2.76 bits per heavy atom. The van der Waals surface area contributed by atoms with Crippen LogP contribution in [0.5, 0.6) is 0 Å². The molecule has 1 saturated carbocycles. The summed E-state index contributed by atoms with van der Waals surface area (Å²) in [5.41, 5.74) is 1.72. The van der Waals surface area contributed by atoms with Gasteiger partial charge >= 0.3 is 5.97 Å². The molecule has 2 N–H and O–H groups in total. The number of carboxylic acids is 1. The molecule has 1 aromatic rings. The zero-order valence-corrected chi connectivity index (χ0v) is 10.5. The van der Waals surface area contributed by atoms with Gasteiger partial charge in [0.15, 0.2) is 0 Å². The third-order valence-electron chi connectivity index (χ3n) is 3.71. The number of fused-ring (bicyclic) bond motifs is 1. The molecule has 5 heteroatoms. The van der Waals surface area contributed by atoms with Crippen molar-refractivity contribution in [1.29, 1.82) is 0 Å². The smallest absolute Gasteiger partial charge is 0.304 e. The molecular formula is C12H11Cl2NO2. The fourth-order valence-electron chi connectivity index (χ4n) is 2.70. The molecule has 2 aliphatic rings. The fourth-order valence-corrected chi connectivity index (χ4v) is 3.08. The van der Waals surface area contributed by atoms with Gasteiger partial charge in [0, 0.05) is 11.5 Å². The van der Waals surface area contributed by atoms with Gasteiger partial charge < -0.3 is 10.4 Å². The highest BCUT2D eigenvalue weighted by molar-refractivity contribution is 6.44. The highest BCUT2D eigenvalue weighted by Gasteiger charge is 2.55. The Morgan fingerprint density at radius 1 is 1.47 bits per heavy atom. The third-order valence-corrected chi connectivity index (χ3v) is 4.52. The highest BCUT2D eigenvalue weighted by atomic mass is 35.5. The molecule has 1 atom stereocenters. The second-order valence-corrected chi connectivity index (χ2v) is 5.54. The number of halogens is 2. The average Bonchev–Trinajstić information content (AvgIpc) is 2.96. The minimum absolute atomic E-state index is 0.00441. The standard InChI is InChI=1S/C12H11Cl2NO2/c13-8-2-1-6-7(5-9(16)17)12(3-4-12)15-11(6)10(8)14/h1-2,7,15H,3-5H2,(H,16,17). The van der Waals surface area contributed by atoms with E-state index >= 15 is 0 Å². The predicted octanol–water partition coefficient (Wildman–Crippen LogP) is 3.51.